The normalized spacial score (nSPS) is 16.8. The van der Waals surface area contributed by atoms with E-state index in [1.54, 1.807) is 0 Å². The number of aryl methyl sites for hydroxylation is 1. The zero-order chi connectivity index (χ0) is 19.1. The van der Waals surface area contributed by atoms with Gasteiger partial charge in [0.2, 0.25) is 0 Å². The molecule has 0 aliphatic carbocycles. The quantitative estimate of drug-likeness (QED) is 0.103. The van der Waals surface area contributed by atoms with Crippen LogP contribution >= 0.6 is 22.6 Å². The Morgan fingerprint density at radius 2 is 1.15 bits per heavy atom. The number of hydrogen-bond donors (Lipinski definition) is 6. The van der Waals surface area contributed by atoms with Crippen molar-refractivity contribution in [1.29, 1.82) is 0 Å². The van der Waals surface area contributed by atoms with Crippen molar-refractivity contribution < 1.29 is 21.2 Å². The summed E-state index contributed by atoms with van der Waals surface area (Å²) in [6.07, 6.45) is 0. The minimum atomic E-state index is 0.0881. The molecule has 1 aliphatic heterocycles. The molecule has 1 fully saturated rings. The summed E-state index contributed by atoms with van der Waals surface area (Å²) in [5.74, 6) is 0. The van der Waals surface area contributed by atoms with Crippen LogP contribution in [-0.4, -0.2) is 4.43 Å². The van der Waals surface area contributed by atoms with E-state index >= 15 is 0 Å². The average molecular weight is 575 g/mol. The van der Waals surface area contributed by atoms with E-state index in [9.17, 15) is 0 Å². The van der Waals surface area contributed by atoms with E-state index in [1.807, 2.05) is 13.8 Å². The third-order valence-electron chi connectivity index (χ3n) is 5.33. The Kier molecular flexibility index (Phi) is 3.92. The van der Waals surface area contributed by atoms with Crippen molar-refractivity contribution in [2.45, 2.75) is 17.8 Å². The fourth-order valence-electron chi connectivity index (χ4n) is 3.82. The van der Waals surface area contributed by atoms with E-state index in [2.05, 4.69) is 22.6 Å². The molecule has 1 atom stereocenters. The third-order valence-corrected chi connectivity index (χ3v) is 9.10. The van der Waals surface area contributed by atoms with Gasteiger partial charge in [0.25, 0.3) is 0 Å². The molecule has 0 aromatic heterocycles. The summed E-state index contributed by atoms with van der Waals surface area (Å²) in [7, 11) is 0. The van der Waals surface area contributed by atoms with E-state index in [0.29, 0.717) is 26.7 Å². The van der Waals surface area contributed by atoms with Crippen LogP contribution < -0.4 is 55.6 Å². The van der Waals surface area contributed by atoms with Crippen LogP contribution in [0.15, 0.2) is 0 Å². The van der Waals surface area contributed by atoms with Crippen molar-refractivity contribution in [2.75, 3.05) is 38.8 Å². The number of hydrogen-bond acceptors (Lipinski definition) is 6. The van der Waals surface area contributed by atoms with Gasteiger partial charge in [-0.3, -0.25) is 0 Å². The first-order chi connectivity index (χ1) is 12.2. The van der Waals surface area contributed by atoms with Gasteiger partial charge in [-0.15, -0.1) is 0 Å². The maximum absolute atomic E-state index is 6.59. The molecule has 3 aromatic carbocycles. The maximum atomic E-state index is 6.59. The predicted octanol–water partition coefficient (Wildman–Crippen LogP) is -0.149. The number of alkyl halides is 2. The molecular weight excluding hydrogens is 554 g/mol. The van der Waals surface area contributed by atoms with E-state index < -0.39 is 0 Å². The summed E-state index contributed by atoms with van der Waals surface area (Å²) in [5, 5.41) is 3.75. The van der Waals surface area contributed by atoms with E-state index in [4.69, 9.17) is 34.4 Å². The van der Waals surface area contributed by atoms with Gasteiger partial charge < -0.3 is 0 Å². The molecule has 0 spiro atoms. The van der Waals surface area contributed by atoms with Crippen LogP contribution in [0.5, 0.6) is 0 Å². The molecule has 8 heteroatoms. The summed E-state index contributed by atoms with van der Waals surface area (Å²) < 4.78 is 2.66. The first-order valence-electron chi connectivity index (χ1n) is 8.10. The van der Waals surface area contributed by atoms with Gasteiger partial charge in [0.1, 0.15) is 0 Å². The first kappa shape index (κ1) is 17.8. The van der Waals surface area contributed by atoms with Crippen molar-refractivity contribution in [3.8, 4) is 0 Å². The van der Waals surface area contributed by atoms with Crippen LogP contribution in [0.1, 0.15) is 20.6 Å². The fraction of sp³-hybridized carbons (Fsp3) is 0.222. The number of anilines is 6. The Balaban J connectivity index is 2.44. The molecule has 4 rings (SSSR count). The van der Waals surface area contributed by atoms with Crippen molar-refractivity contribution >= 4 is 78.3 Å². The summed E-state index contributed by atoms with van der Waals surface area (Å²) in [6, 6.07) is 0. The molecule has 1 aliphatic rings. The number of fused-ring (bicyclic) bond motifs is 2. The Bertz CT molecular complexity index is 1050. The molecule has 0 radical (unpaired) electrons. The molecule has 26 heavy (non-hydrogen) atoms. The molecule has 12 N–H and O–H groups in total. The number of rotatable bonds is 1. The van der Waals surface area contributed by atoms with Gasteiger partial charge in [0.05, 0.1) is 0 Å². The molecule has 0 amide bonds. The molecule has 138 valence electrons. The Hall–Kier alpha value is -1.56. The molecule has 3 aromatic rings. The average Bonchev–Trinajstić information content (AvgIpc) is 3.44. The van der Waals surface area contributed by atoms with Crippen LogP contribution in [0.2, 0.25) is 0 Å². The Morgan fingerprint density at radius 1 is 0.692 bits per heavy atom. The van der Waals surface area contributed by atoms with Crippen molar-refractivity contribution in [3.05, 3.63) is 20.3 Å². The molecule has 1 heterocycles. The molecule has 6 nitrogen and oxygen atoms in total. The van der Waals surface area contributed by atoms with Crippen LogP contribution in [0, 0.1) is 17.4 Å². The van der Waals surface area contributed by atoms with Gasteiger partial charge in [-0.25, -0.2) is 0 Å². The molecule has 1 unspecified atom stereocenters. The van der Waals surface area contributed by atoms with E-state index in [-0.39, 0.29) is 21.2 Å². The number of nitrogens with two attached hydrogens (primary N) is 6. The third kappa shape index (κ3) is 2.14. The van der Waals surface area contributed by atoms with Crippen molar-refractivity contribution in [3.63, 3.8) is 0 Å². The van der Waals surface area contributed by atoms with E-state index in [1.165, 1.54) is 4.43 Å². The summed E-state index contributed by atoms with van der Waals surface area (Å²) >= 11 is 2.34. The monoisotopic (exact) mass is 575 g/mol. The fourth-order valence-corrected chi connectivity index (χ4v) is 6.13. The molecule has 0 saturated carbocycles. The van der Waals surface area contributed by atoms with E-state index in [0.717, 1.165) is 53.2 Å². The Labute approximate surface area is 175 Å². The van der Waals surface area contributed by atoms with Gasteiger partial charge >= 0.3 is 176 Å². The van der Waals surface area contributed by atoms with Crippen LogP contribution in [-0.2, 0) is 0 Å². The van der Waals surface area contributed by atoms with Gasteiger partial charge in [0.15, 0.2) is 0 Å². The van der Waals surface area contributed by atoms with Crippen LogP contribution in [0.4, 0.5) is 34.1 Å². The molecule has 1 saturated heterocycles. The van der Waals surface area contributed by atoms with Gasteiger partial charge in [-0.2, -0.15) is 0 Å². The molecular formula is C18H21I2N6-. The van der Waals surface area contributed by atoms with Crippen molar-refractivity contribution in [1.82, 2.24) is 0 Å². The standard InChI is InChI=1S/C18H21I2N6/c1-4-7-10(13(21)5(2)12(19)14(7)22)9(6-3-20-6)11-8(4)15(23)17(25)18(26)16(11)24/h6H,3,21-26H2,1-2H3/q-1. The minimum absolute atomic E-state index is 0.0881. The number of nitrogen functional groups attached to an aromatic ring is 6. The predicted molar refractivity (Wildman–Crippen MR) is 118 cm³/mol. The first-order valence-corrected chi connectivity index (χ1v) is 12.0. The molecule has 0 bridgehead atoms. The summed E-state index contributed by atoms with van der Waals surface area (Å²) in [6.45, 7) is 4.01. The number of benzene rings is 3. The van der Waals surface area contributed by atoms with Gasteiger partial charge in [-0.1, -0.05) is 0 Å². The second-order valence-electron chi connectivity index (χ2n) is 6.74. The second kappa shape index (κ2) is 5.72. The van der Waals surface area contributed by atoms with Crippen LogP contribution in [0.3, 0.4) is 0 Å². The second-order valence-corrected chi connectivity index (χ2v) is 11.1. The van der Waals surface area contributed by atoms with Gasteiger partial charge in [-0.05, 0) is 0 Å². The Morgan fingerprint density at radius 3 is 1.69 bits per heavy atom. The van der Waals surface area contributed by atoms with Crippen molar-refractivity contribution in [2.24, 2.45) is 0 Å². The van der Waals surface area contributed by atoms with Gasteiger partial charge in [0, 0.05) is 0 Å². The topological polar surface area (TPSA) is 156 Å². The summed E-state index contributed by atoms with van der Waals surface area (Å²) in [4.78, 5) is 0. The zero-order valence-electron chi connectivity index (χ0n) is 14.5. The SMILES string of the molecule is Cc1c(I)c(N)c2c(C)c3c(N)c(N)c(N)c(N)c3c(C3C[I-]3)c2c1N. The zero-order valence-corrected chi connectivity index (χ0v) is 18.8. The van der Waals surface area contributed by atoms with Crippen LogP contribution in [0.25, 0.3) is 21.5 Å². The number of halogens is 2. The summed E-state index contributed by atoms with van der Waals surface area (Å²) in [5.41, 5.74) is 44.6.